The Hall–Kier alpha value is 0.170. The van der Waals surface area contributed by atoms with Crippen molar-refractivity contribution in [3.8, 4) is 0 Å². The molecule has 0 amide bonds. The lowest BCUT2D eigenvalue weighted by atomic mass is 10.4. The van der Waals surface area contributed by atoms with Crippen LogP contribution in [0.4, 0.5) is 0 Å². The van der Waals surface area contributed by atoms with Gasteiger partial charge in [0.15, 0.2) is 0 Å². The van der Waals surface area contributed by atoms with Gasteiger partial charge in [0.25, 0.3) is 0 Å². The van der Waals surface area contributed by atoms with E-state index in [0.29, 0.717) is 0 Å². The number of hydrogen-bond acceptors (Lipinski definition) is 0. The first-order chi connectivity index (χ1) is 4.31. The maximum atomic E-state index is 2.32. The van der Waals surface area contributed by atoms with Crippen molar-refractivity contribution in [3.63, 3.8) is 0 Å². The standard InChI is InChI=1S/C8H17P/c1-4-6-7-9-8(3)5-2/h4,6,8-9H,5,7H2,1-3H3. The molecule has 0 aliphatic rings. The smallest absolute Gasteiger partial charge is 0.0170 e. The summed E-state index contributed by atoms with van der Waals surface area (Å²) in [6.45, 7) is 6.66. The SMILES string of the molecule is CC=CCPC(C)CC. The van der Waals surface area contributed by atoms with E-state index in [4.69, 9.17) is 0 Å². The topological polar surface area (TPSA) is 0 Å². The highest BCUT2D eigenvalue weighted by atomic mass is 31.1. The van der Waals surface area contributed by atoms with Gasteiger partial charge in [-0.25, -0.2) is 0 Å². The second kappa shape index (κ2) is 6.29. The molecule has 54 valence electrons. The zero-order chi connectivity index (χ0) is 7.11. The van der Waals surface area contributed by atoms with Crippen molar-refractivity contribution < 1.29 is 0 Å². The fraction of sp³-hybridized carbons (Fsp3) is 0.750. The van der Waals surface area contributed by atoms with Crippen molar-refractivity contribution >= 4 is 8.58 Å². The largest absolute Gasteiger partial charge is 0.115 e. The molecular weight excluding hydrogens is 127 g/mol. The number of hydrogen-bond donors (Lipinski definition) is 0. The molecule has 0 bridgehead atoms. The van der Waals surface area contributed by atoms with Gasteiger partial charge in [-0.15, -0.1) is 8.58 Å². The Morgan fingerprint density at radius 1 is 1.56 bits per heavy atom. The molecule has 0 heterocycles. The third-order valence-electron chi connectivity index (χ3n) is 1.43. The molecule has 0 saturated carbocycles. The maximum Gasteiger partial charge on any atom is -0.0170 e. The van der Waals surface area contributed by atoms with Gasteiger partial charge in [0.1, 0.15) is 0 Å². The molecule has 2 atom stereocenters. The quantitative estimate of drug-likeness (QED) is 0.420. The van der Waals surface area contributed by atoms with E-state index in [2.05, 4.69) is 32.9 Å². The molecule has 0 aromatic rings. The van der Waals surface area contributed by atoms with Crippen LogP contribution in [-0.4, -0.2) is 11.8 Å². The van der Waals surface area contributed by atoms with Gasteiger partial charge in [-0.3, -0.25) is 0 Å². The second-order valence-corrected chi connectivity index (χ2v) is 4.09. The Kier molecular flexibility index (Phi) is 6.41. The van der Waals surface area contributed by atoms with Crippen molar-refractivity contribution in [2.75, 3.05) is 6.16 Å². The maximum absolute atomic E-state index is 2.32. The van der Waals surface area contributed by atoms with Crippen LogP contribution in [0.2, 0.25) is 0 Å². The molecule has 9 heavy (non-hydrogen) atoms. The Bertz CT molecular complexity index is 76.6. The summed E-state index contributed by atoms with van der Waals surface area (Å²) in [6.07, 6.45) is 7.00. The van der Waals surface area contributed by atoms with E-state index in [0.717, 1.165) is 14.2 Å². The van der Waals surface area contributed by atoms with E-state index in [1.807, 2.05) is 0 Å². The molecule has 0 radical (unpaired) electrons. The minimum absolute atomic E-state index is 0.932. The van der Waals surface area contributed by atoms with Crippen LogP contribution in [0.15, 0.2) is 12.2 Å². The van der Waals surface area contributed by atoms with Crippen molar-refractivity contribution in [2.24, 2.45) is 0 Å². The molecule has 0 nitrogen and oxygen atoms in total. The first-order valence-corrected chi connectivity index (χ1v) is 4.94. The minimum atomic E-state index is 0.932. The fourth-order valence-electron chi connectivity index (χ4n) is 0.531. The van der Waals surface area contributed by atoms with Gasteiger partial charge < -0.3 is 0 Å². The Balaban J connectivity index is 3.06. The molecule has 0 fully saturated rings. The molecule has 2 unspecified atom stereocenters. The lowest BCUT2D eigenvalue weighted by molar-refractivity contribution is 0.900. The Morgan fingerprint density at radius 3 is 2.67 bits per heavy atom. The van der Waals surface area contributed by atoms with E-state index in [1.54, 1.807) is 0 Å². The summed E-state index contributed by atoms with van der Waals surface area (Å²) in [7, 11) is 1.13. The van der Waals surface area contributed by atoms with Gasteiger partial charge in [-0.2, -0.15) is 0 Å². The van der Waals surface area contributed by atoms with E-state index >= 15 is 0 Å². The summed E-state index contributed by atoms with van der Waals surface area (Å²) in [5.41, 5.74) is 0.932. The van der Waals surface area contributed by atoms with Crippen LogP contribution in [0.3, 0.4) is 0 Å². The highest BCUT2D eigenvalue weighted by Crippen LogP contribution is 2.20. The Labute approximate surface area is 60.5 Å². The van der Waals surface area contributed by atoms with Gasteiger partial charge in [0, 0.05) is 0 Å². The van der Waals surface area contributed by atoms with E-state index in [9.17, 15) is 0 Å². The third-order valence-corrected chi connectivity index (χ3v) is 3.01. The highest BCUT2D eigenvalue weighted by molar-refractivity contribution is 7.39. The average molecular weight is 144 g/mol. The first-order valence-electron chi connectivity index (χ1n) is 3.65. The summed E-state index contributed by atoms with van der Waals surface area (Å²) in [4.78, 5) is 0. The highest BCUT2D eigenvalue weighted by Gasteiger charge is 1.93. The Morgan fingerprint density at radius 2 is 2.22 bits per heavy atom. The summed E-state index contributed by atoms with van der Waals surface area (Å²) in [6, 6.07) is 0. The van der Waals surface area contributed by atoms with Gasteiger partial charge in [0.2, 0.25) is 0 Å². The zero-order valence-electron chi connectivity index (χ0n) is 6.65. The van der Waals surface area contributed by atoms with Crippen LogP contribution in [-0.2, 0) is 0 Å². The van der Waals surface area contributed by atoms with Crippen LogP contribution < -0.4 is 0 Å². The van der Waals surface area contributed by atoms with Crippen LogP contribution in [0, 0.1) is 0 Å². The normalized spacial score (nSPS) is 15.9. The van der Waals surface area contributed by atoms with Crippen LogP contribution in [0.5, 0.6) is 0 Å². The summed E-state index contributed by atoms with van der Waals surface area (Å²) in [5, 5.41) is 0. The van der Waals surface area contributed by atoms with E-state index in [1.165, 1.54) is 12.6 Å². The van der Waals surface area contributed by atoms with Crippen LogP contribution >= 0.6 is 8.58 Å². The van der Waals surface area contributed by atoms with Gasteiger partial charge in [-0.05, 0) is 25.2 Å². The van der Waals surface area contributed by atoms with Crippen molar-refractivity contribution in [1.29, 1.82) is 0 Å². The zero-order valence-corrected chi connectivity index (χ0v) is 7.65. The average Bonchev–Trinajstić information content (AvgIpc) is 1.89. The molecule has 0 aromatic heterocycles. The molecule has 1 heteroatoms. The first kappa shape index (κ1) is 9.17. The minimum Gasteiger partial charge on any atom is -0.115 e. The predicted octanol–water partition coefficient (Wildman–Crippen LogP) is 3.04. The lowest BCUT2D eigenvalue weighted by Gasteiger charge is -2.04. The molecular formula is C8H17P. The predicted molar refractivity (Wildman–Crippen MR) is 47.7 cm³/mol. The molecule has 0 aliphatic heterocycles. The number of allylic oxidation sites excluding steroid dienone is 2. The lowest BCUT2D eigenvalue weighted by Crippen LogP contribution is -1.89. The molecule has 0 rings (SSSR count). The van der Waals surface area contributed by atoms with Crippen LogP contribution in [0.1, 0.15) is 27.2 Å². The third kappa shape index (κ3) is 6.05. The molecule has 0 aromatic carbocycles. The summed E-state index contributed by atoms with van der Waals surface area (Å²) in [5.74, 6) is 0. The van der Waals surface area contributed by atoms with Gasteiger partial charge in [0.05, 0.1) is 0 Å². The van der Waals surface area contributed by atoms with Crippen molar-refractivity contribution in [1.82, 2.24) is 0 Å². The van der Waals surface area contributed by atoms with Gasteiger partial charge >= 0.3 is 0 Å². The molecule has 0 spiro atoms. The summed E-state index contributed by atoms with van der Waals surface area (Å²) >= 11 is 0. The molecule has 0 saturated heterocycles. The van der Waals surface area contributed by atoms with E-state index < -0.39 is 0 Å². The van der Waals surface area contributed by atoms with Crippen molar-refractivity contribution in [3.05, 3.63) is 12.2 Å². The van der Waals surface area contributed by atoms with Crippen LogP contribution in [0.25, 0.3) is 0 Å². The van der Waals surface area contributed by atoms with Gasteiger partial charge in [-0.1, -0.05) is 26.0 Å². The summed E-state index contributed by atoms with van der Waals surface area (Å²) < 4.78 is 0. The molecule has 0 N–H and O–H groups in total. The van der Waals surface area contributed by atoms with Crippen molar-refractivity contribution in [2.45, 2.75) is 32.9 Å². The fourth-order valence-corrected chi connectivity index (χ4v) is 1.59. The molecule has 0 aliphatic carbocycles. The van der Waals surface area contributed by atoms with E-state index in [-0.39, 0.29) is 0 Å². The monoisotopic (exact) mass is 144 g/mol. The second-order valence-electron chi connectivity index (χ2n) is 2.29. The number of rotatable bonds is 4.